The molecule has 1 aliphatic carbocycles. The van der Waals surface area contributed by atoms with Crippen molar-refractivity contribution in [3.63, 3.8) is 0 Å². The van der Waals surface area contributed by atoms with Crippen LogP contribution in [0.15, 0.2) is 41.1 Å². The summed E-state index contributed by atoms with van der Waals surface area (Å²) in [4.78, 5) is 2.45. The molecule has 1 aliphatic heterocycles. The zero-order chi connectivity index (χ0) is 17.7. The van der Waals surface area contributed by atoms with Crippen LogP contribution in [0.2, 0.25) is 0 Å². The lowest BCUT2D eigenvalue weighted by atomic mass is 9.74. The second-order valence-electron chi connectivity index (χ2n) is 7.43. The number of halogens is 1. The van der Waals surface area contributed by atoms with Gasteiger partial charge in [-0.25, -0.2) is 4.68 Å². The first-order chi connectivity index (χ1) is 12.7. The third kappa shape index (κ3) is 2.70. The van der Waals surface area contributed by atoms with Crippen LogP contribution in [-0.2, 0) is 6.42 Å². The second-order valence-corrected chi connectivity index (χ2v) is 8.68. The molecule has 0 spiro atoms. The highest BCUT2D eigenvalue weighted by molar-refractivity contribution is 14.1. The van der Waals surface area contributed by atoms with E-state index in [9.17, 15) is 0 Å². The van der Waals surface area contributed by atoms with E-state index in [-0.39, 0.29) is 0 Å². The van der Waals surface area contributed by atoms with Crippen LogP contribution in [0.4, 0.5) is 0 Å². The summed E-state index contributed by atoms with van der Waals surface area (Å²) >= 11 is 2.35. The molecule has 0 amide bonds. The predicted molar refractivity (Wildman–Crippen MR) is 108 cm³/mol. The molecule has 26 heavy (non-hydrogen) atoms. The molecule has 3 heterocycles. The van der Waals surface area contributed by atoms with E-state index >= 15 is 0 Å². The number of piperidine rings is 1. The molecule has 1 aromatic carbocycles. The summed E-state index contributed by atoms with van der Waals surface area (Å²) in [7, 11) is 2.23. The monoisotopic (exact) mass is 460 g/mol. The number of rotatable bonds is 2. The van der Waals surface area contributed by atoms with E-state index in [0.717, 1.165) is 36.0 Å². The highest BCUT2D eigenvalue weighted by Gasteiger charge is 2.38. The van der Waals surface area contributed by atoms with Crippen molar-refractivity contribution in [2.75, 3.05) is 20.1 Å². The molecule has 3 aromatic rings. The van der Waals surface area contributed by atoms with Crippen LogP contribution in [0.3, 0.4) is 0 Å². The quantitative estimate of drug-likeness (QED) is 0.541. The minimum absolute atomic E-state index is 0.529. The topological polar surface area (TPSA) is 47.1 Å². The van der Waals surface area contributed by atoms with Gasteiger partial charge in [0.1, 0.15) is 5.69 Å². The van der Waals surface area contributed by atoms with Gasteiger partial charge in [-0.3, -0.25) is 0 Å². The van der Waals surface area contributed by atoms with E-state index in [2.05, 4.69) is 68.6 Å². The largest absolute Gasteiger partial charge is 0.355 e. The van der Waals surface area contributed by atoms with Crippen molar-refractivity contribution in [2.45, 2.75) is 25.2 Å². The molecule has 0 radical (unpaired) electrons. The SMILES string of the molecule is CN1CCC2CCc3c(-c4ccno4)nn(-c4ccc(I)cc4)c3C2C1. The number of hydrogen-bond acceptors (Lipinski definition) is 4. The standard InChI is InChI=1S/C20H21IN4O/c1-24-11-9-13-2-7-16-19(18-8-10-22-26-18)23-25(20(16)17(13)12-24)15-5-3-14(21)4-6-15/h3-6,8,10,13,17H,2,7,9,11-12H2,1H3. The number of benzene rings is 1. The van der Waals surface area contributed by atoms with Crippen LogP contribution in [-0.4, -0.2) is 40.0 Å². The van der Waals surface area contributed by atoms with Crippen LogP contribution in [0.5, 0.6) is 0 Å². The van der Waals surface area contributed by atoms with Gasteiger partial charge in [0.2, 0.25) is 0 Å². The molecule has 134 valence electrons. The normalized spacial score (nSPS) is 22.8. The zero-order valence-electron chi connectivity index (χ0n) is 14.7. The summed E-state index contributed by atoms with van der Waals surface area (Å²) in [6.07, 6.45) is 5.29. The highest BCUT2D eigenvalue weighted by Crippen LogP contribution is 2.44. The molecule has 0 saturated carbocycles. The molecule has 5 nitrogen and oxygen atoms in total. The fourth-order valence-corrected chi connectivity index (χ4v) is 4.91. The first-order valence-electron chi connectivity index (χ1n) is 9.18. The fourth-order valence-electron chi connectivity index (χ4n) is 4.55. The average molecular weight is 460 g/mol. The van der Waals surface area contributed by atoms with Crippen LogP contribution < -0.4 is 0 Å². The van der Waals surface area contributed by atoms with Crippen molar-refractivity contribution in [1.29, 1.82) is 0 Å². The lowest BCUT2D eigenvalue weighted by Crippen LogP contribution is -2.39. The lowest BCUT2D eigenvalue weighted by molar-refractivity contribution is 0.170. The van der Waals surface area contributed by atoms with Crippen molar-refractivity contribution in [2.24, 2.45) is 5.92 Å². The highest BCUT2D eigenvalue weighted by atomic mass is 127. The van der Waals surface area contributed by atoms with Gasteiger partial charge >= 0.3 is 0 Å². The van der Waals surface area contributed by atoms with Crippen LogP contribution in [0.25, 0.3) is 17.1 Å². The maximum absolute atomic E-state index is 5.47. The second kappa shape index (κ2) is 6.49. The van der Waals surface area contributed by atoms with E-state index in [4.69, 9.17) is 9.62 Å². The van der Waals surface area contributed by atoms with Crippen molar-refractivity contribution in [3.05, 3.63) is 51.4 Å². The maximum Gasteiger partial charge on any atom is 0.187 e. The number of aromatic nitrogens is 3. The Kier molecular flexibility index (Phi) is 4.12. The Morgan fingerprint density at radius 2 is 2.00 bits per heavy atom. The molecular formula is C20H21IN4O. The summed E-state index contributed by atoms with van der Waals surface area (Å²) in [5, 5.41) is 8.91. The molecule has 2 unspecified atom stereocenters. The van der Waals surface area contributed by atoms with E-state index in [1.54, 1.807) is 6.20 Å². The predicted octanol–water partition coefficient (Wildman–Crippen LogP) is 4.11. The molecule has 2 atom stereocenters. The van der Waals surface area contributed by atoms with Gasteiger partial charge in [0.15, 0.2) is 5.76 Å². The maximum atomic E-state index is 5.47. The number of nitrogens with zero attached hydrogens (tertiary/aromatic N) is 4. The van der Waals surface area contributed by atoms with E-state index in [1.165, 1.54) is 34.2 Å². The minimum Gasteiger partial charge on any atom is -0.355 e. The molecular weight excluding hydrogens is 439 g/mol. The first kappa shape index (κ1) is 16.5. The Hall–Kier alpha value is -1.67. The Bertz CT molecular complexity index is 916. The van der Waals surface area contributed by atoms with Crippen molar-refractivity contribution in [3.8, 4) is 17.1 Å². The van der Waals surface area contributed by atoms with Crippen LogP contribution in [0.1, 0.15) is 30.0 Å². The molecule has 0 bridgehead atoms. The molecule has 2 aromatic heterocycles. The van der Waals surface area contributed by atoms with Crippen LogP contribution >= 0.6 is 22.6 Å². The van der Waals surface area contributed by atoms with Gasteiger partial charge in [-0.1, -0.05) is 5.16 Å². The van der Waals surface area contributed by atoms with Gasteiger partial charge < -0.3 is 9.42 Å². The van der Waals surface area contributed by atoms with Gasteiger partial charge in [0.25, 0.3) is 0 Å². The Morgan fingerprint density at radius 1 is 1.15 bits per heavy atom. The Labute approximate surface area is 166 Å². The lowest BCUT2D eigenvalue weighted by Gasteiger charge is -2.40. The van der Waals surface area contributed by atoms with Gasteiger partial charge in [-0.05, 0) is 85.6 Å². The summed E-state index contributed by atoms with van der Waals surface area (Å²) < 4.78 is 8.87. The molecule has 5 rings (SSSR count). The van der Waals surface area contributed by atoms with Gasteiger partial charge in [-0.2, -0.15) is 5.10 Å². The zero-order valence-corrected chi connectivity index (χ0v) is 16.9. The van der Waals surface area contributed by atoms with E-state index in [0.29, 0.717) is 5.92 Å². The third-order valence-corrected chi connectivity index (χ3v) is 6.56. The summed E-state index contributed by atoms with van der Waals surface area (Å²) in [6, 6.07) is 10.5. The van der Waals surface area contributed by atoms with Crippen molar-refractivity contribution >= 4 is 22.6 Å². The first-order valence-corrected chi connectivity index (χ1v) is 10.3. The smallest absolute Gasteiger partial charge is 0.187 e. The molecule has 2 aliphatic rings. The Morgan fingerprint density at radius 3 is 2.77 bits per heavy atom. The number of likely N-dealkylation sites (N-methyl/N-ethyl adjacent to an activating group) is 1. The Balaban J connectivity index is 1.70. The summed E-state index contributed by atoms with van der Waals surface area (Å²) in [6.45, 7) is 2.30. The summed E-state index contributed by atoms with van der Waals surface area (Å²) in [5.41, 5.74) is 4.81. The van der Waals surface area contributed by atoms with Crippen molar-refractivity contribution < 1.29 is 4.52 Å². The number of likely N-dealkylation sites (tertiary alicyclic amines) is 1. The summed E-state index contributed by atoms with van der Waals surface area (Å²) in [5.74, 6) is 2.05. The average Bonchev–Trinajstić information content (AvgIpc) is 3.30. The minimum atomic E-state index is 0.529. The van der Waals surface area contributed by atoms with Crippen LogP contribution in [0, 0.1) is 9.49 Å². The van der Waals surface area contributed by atoms with E-state index < -0.39 is 0 Å². The van der Waals surface area contributed by atoms with Gasteiger partial charge in [0.05, 0.1) is 17.6 Å². The number of hydrogen-bond donors (Lipinski definition) is 0. The molecule has 0 N–H and O–H groups in total. The third-order valence-electron chi connectivity index (χ3n) is 5.84. The molecule has 6 heteroatoms. The van der Waals surface area contributed by atoms with Gasteiger partial charge in [0, 0.05) is 27.7 Å². The molecule has 1 saturated heterocycles. The van der Waals surface area contributed by atoms with E-state index in [1.807, 2.05) is 6.07 Å². The molecule has 1 fully saturated rings. The van der Waals surface area contributed by atoms with Gasteiger partial charge in [-0.15, -0.1) is 0 Å². The fraction of sp³-hybridized carbons (Fsp3) is 0.400. The van der Waals surface area contributed by atoms with Crippen molar-refractivity contribution in [1.82, 2.24) is 19.8 Å². The number of fused-ring (bicyclic) bond motifs is 3.